The van der Waals surface area contributed by atoms with Crippen molar-refractivity contribution >= 4 is 0 Å². The van der Waals surface area contributed by atoms with Gasteiger partial charge in [0, 0.05) is 0 Å². The molecule has 0 aliphatic carbocycles. The Balaban J connectivity index is -0.0000000877. The van der Waals surface area contributed by atoms with Crippen LogP contribution in [0.1, 0.15) is 20.4 Å². The van der Waals surface area contributed by atoms with Gasteiger partial charge in [-0.15, -0.1) is 6.54 Å². The number of aryl methyl sites for hydroxylation is 1. The molecule has 19 heavy (non-hydrogen) atoms. The number of rotatable bonds is 0. The van der Waals surface area contributed by atoms with Crippen molar-refractivity contribution in [3.05, 3.63) is 79.2 Å². The van der Waals surface area contributed by atoms with Crippen molar-refractivity contribution in [2.24, 2.45) is 5.73 Å². The molecule has 0 radical (unpaired) electrons. The minimum Gasteiger partial charge on any atom is -0.360 e. The molecule has 0 amide bonds. The Morgan fingerprint density at radius 2 is 1.32 bits per heavy atom. The zero-order chi connectivity index (χ0) is 12.1. The van der Waals surface area contributed by atoms with Gasteiger partial charge in [-0.2, -0.15) is 72.3 Å². The summed E-state index contributed by atoms with van der Waals surface area (Å²) in [7, 11) is 0. The molecule has 0 bridgehead atoms. The van der Waals surface area contributed by atoms with Gasteiger partial charge in [-0.25, -0.2) is 0 Å². The Hall–Kier alpha value is -0.496. The van der Waals surface area contributed by atoms with Crippen LogP contribution in [0.2, 0.25) is 0 Å². The van der Waals surface area contributed by atoms with Crippen LogP contribution in [0.4, 0.5) is 0 Å². The van der Waals surface area contributed by atoms with Crippen LogP contribution < -0.4 is 5.73 Å². The maximum Gasteiger partial charge on any atom is 3.00 e. The van der Waals surface area contributed by atoms with Crippen molar-refractivity contribution < 1.29 is 32.7 Å². The SMILES string of the molecule is C.C.Cc1cc[c-]cc1.[CH2-]CN.[Y+3].[c-]1ccccc1. The second-order valence-electron chi connectivity index (χ2n) is 2.94. The van der Waals surface area contributed by atoms with Crippen molar-refractivity contribution in [2.75, 3.05) is 6.54 Å². The van der Waals surface area contributed by atoms with Crippen molar-refractivity contribution in [3.63, 3.8) is 0 Å². The van der Waals surface area contributed by atoms with Crippen LogP contribution >= 0.6 is 0 Å². The first-order chi connectivity index (χ1) is 7.81. The van der Waals surface area contributed by atoms with E-state index in [1.807, 2.05) is 54.6 Å². The normalized spacial score (nSPS) is 6.68. The second kappa shape index (κ2) is 22.7. The number of nitrogens with two attached hydrogens (primary N) is 1. The fraction of sp³-hybridized carbons (Fsp3) is 0.235. The molecule has 0 atom stereocenters. The van der Waals surface area contributed by atoms with E-state index in [2.05, 4.69) is 26.0 Å². The largest absolute Gasteiger partial charge is 3.00 e. The molecule has 0 heterocycles. The van der Waals surface area contributed by atoms with Gasteiger partial charge in [0.25, 0.3) is 0 Å². The molecule has 0 saturated heterocycles. The average molecular weight is 333 g/mol. The summed E-state index contributed by atoms with van der Waals surface area (Å²) in [5.74, 6) is 0. The van der Waals surface area contributed by atoms with Crippen LogP contribution in [0.25, 0.3) is 0 Å². The third-order valence-corrected chi connectivity index (χ3v) is 1.49. The molecule has 2 aromatic carbocycles. The van der Waals surface area contributed by atoms with E-state index >= 15 is 0 Å². The molecular weight excluding hydrogens is 307 g/mol. The van der Waals surface area contributed by atoms with E-state index in [0.29, 0.717) is 6.54 Å². The first-order valence-electron chi connectivity index (χ1n) is 5.14. The number of hydrogen-bond donors (Lipinski definition) is 1. The van der Waals surface area contributed by atoms with E-state index in [1.165, 1.54) is 5.56 Å². The third kappa shape index (κ3) is 23.1. The molecule has 0 saturated carbocycles. The molecule has 0 unspecified atom stereocenters. The van der Waals surface area contributed by atoms with Crippen molar-refractivity contribution in [2.45, 2.75) is 21.8 Å². The maximum absolute atomic E-state index is 4.74. The minimum absolute atomic E-state index is 0. The fourth-order valence-electron chi connectivity index (χ4n) is 0.812. The average Bonchev–Trinajstić information content (AvgIpc) is 2.34. The van der Waals surface area contributed by atoms with Gasteiger partial charge in [-0.3, -0.25) is 0 Å². The van der Waals surface area contributed by atoms with Gasteiger partial charge in [0.05, 0.1) is 0 Å². The quantitative estimate of drug-likeness (QED) is 0.714. The first-order valence-corrected chi connectivity index (χ1v) is 5.14. The fourth-order valence-corrected chi connectivity index (χ4v) is 0.812. The van der Waals surface area contributed by atoms with Crippen LogP contribution in [0, 0.1) is 26.0 Å². The smallest absolute Gasteiger partial charge is 0.360 e. The van der Waals surface area contributed by atoms with Crippen LogP contribution in [0.5, 0.6) is 0 Å². The number of hydrogen-bond acceptors (Lipinski definition) is 1. The predicted octanol–water partition coefficient (Wildman–Crippen LogP) is 4.33. The zero-order valence-corrected chi connectivity index (χ0v) is 13.1. The monoisotopic (exact) mass is 333 g/mol. The van der Waals surface area contributed by atoms with Gasteiger partial charge in [0.2, 0.25) is 0 Å². The van der Waals surface area contributed by atoms with Crippen LogP contribution in [0.3, 0.4) is 0 Å². The topological polar surface area (TPSA) is 26.0 Å². The molecule has 0 aliphatic rings. The summed E-state index contributed by atoms with van der Waals surface area (Å²) in [4.78, 5) is 0. The maximum atomic E-state index is 4.74. The van der Waals surface area contributed by atoms with E-state index in [-0.39, 0.29) is 47.6 Å². The second-order valence-corrected chi connectivity index (χ2v) is 2.94. The van der Waals surface area contributed by atoms with E-state index in [0.717, 1.165) is 0 Å². The van der Waals surface area contributed by atoms with Gasteiger partial charge in [0.15, 0.2) is 0 Å². The van der Waals surface area contributed by atoms with Crippen molar-refractivity contribution in [1.82, 2.24) is 0 Å². The van der Waals surface area contributed by atoms with Gasteiger partial charge >= 0.3 is 32.7 Å². The van der Waals surface area contributed by atoms with E-state index in [9.17, 15) is 0 Å². The summed E-state index contributed by atoms with van der Waals surface area (Å²) in [5.41, 5.74) is 6.03. The van der Waals surface area contributed by atoms with Crippen molar-refractivity contribution in [1.29, 1.82) is 0 Å². The summed E-state index contributed by atoms with van der Waals surface area (Å²) < 4.78 is 0. The molecule has 2 heteroatoms. The molecule has 2 rings (SSSR count). The summed E-state index contributed by atoms with van der Waals surface area (Å²) in [6.07, 6.45) is 0. The van der Waals surface area contributed by atoms with Gasteiger partial charge in [0.1, 0.15) is 0 Å². The molecule has 0 spiro atoms. The summed E-state index contributed by atoms with van der Waals surface area (Å²) in [5, 5.41) is 0. The molecule has 0 fully saturated rings. The minimum atomic E-state index is 0. The van der Waals surface area contributed by atoms with E-state index in [1.54, 1.807) is 0 Å². The van der Waals surface area contributed by atoms with Gasteiger partial charge in [-0.1, -0.05) is 21.8 Å². The van der Waals surface area contributed by atoms with Crippen LogP contribution in [-0.2, 0) is 32.7 Å². The molecular formula is C17H26NY. The van der Waals surface area contributed by atoms with Crippen LogP contribution in [-0.4, -0.2) is 6.54 Å². The summed E-state index contributed by atoms with van der Waals surface area (Å²) in [6.45, 7) is 5.83. The standard InChI is InChI=1S/C7H7.C6H5.C2H6N.2CH4.Y/c1-7-5-3-2-4-6-7;1-2-4-6-5-3-1;1-2-3;;;/h3-6H,1H3;1-5H;1-3H2;2*1H4;/q3*-1;;;+3. The van der Waals surface area contributed by atoms with Crippen LogP contribution in [0.15, 0.2) is 54.6 Å². The Kier molecular flexibility index (Phi) is 32.1. The number of benzene rings is 2. The molecule has 2 aromatic rings. The van der Waals surface area contributed by atoms with Gasteiger partial charge in [-0.05, 0) is 0 Å². The Bertz CT molecular complexity index is 295. The molecule has 2 N–H and O–H groups in total. The zero-order valence-electron chi connectivity index (χ0n) is 10.3. The van der Waals surface area contributed by atoms with E-state index in [4.69, 9.17) is 5.73 Å². The Morgan fingerprint density at radius 3 is 1.47 bits per heavy atom. The molecule has 0 aromatic heterocycles. The third-order valence-electron chi connectivity index (χ3n) is 1.49. The Labute approximate surface area is 145 Å². The first kappa shape index (κ1) is 27.0. The summed E-state index contributed by atoms with van der Waals surface area (Å²) in [6, 6.07) is 23.3. The van der Waals surface area contributed by atoms with Crippen molar-refractivity contribution in [3.8, 4) is 0 Å². The van der Waals surface area contributed by atoms with E-state index < -0.39 is 0 Å². The molecule has 0 aliphatic heterocycles. The Morgan fingerprint density at radius 1 is 0.947 bits per heavy atom. The predicted molar refractivity (Wildman–Crippen MR) is 83.2 cm³/mol. The summed E-state index contributed by atoms with van der Waals surface area (Å²) >= 11 is 0. The van der Waals surface area contributed by atoms with Gasteiger partial charge < -0.3 is 12.7 Å². The molecule has 1 nitrogen and oxygen atoms in total. The molecule has 102 valence electrons.